The minimum absolute atomic E-state index is 0.0851. The average Bonchev–Trinajstić information content (AvgIpc) is 3.37. The summed E-state index contributed by atoms with van der Waals surface area (Å²) in [5.41, 5.74) is 0.727. The third-order valence-corrected chi connectivity index (χ3v) is 4.58. The van der Waals surface area contributed by atoms with Crippen molar-refractivity contribution in [2.45, 2.75) is 18.3 Å². The molecule has 0 saturated heterocycles. The second kappa shape index (κ2) is 8.99. The Balaban J connectivity index is 1.77. The highest BCUT2D eigenvalue weighted by Gasteiger charge is 2.45. The molecule has 1 aliphatic rings. The van der Waals surface area contributed by atoms with E-state index >= 15 is 0 Å². The Bertz CT molecular complexity index is 546. The average molecular weight is 336 g/mol. The number of ether oxygens (including phenoxy) is 1. The number of guanidine groups is 1. The number of halogens is 1. The number of nitrogens with zero attached hydrogens (tertiary/aromatic N) is 2. The van der Waals surface area contributed by atoms with Gasteiger partial charge in [0.2, 0.25) is 0 Å². The normalized spacial score (nSPS) is 16.3. The van der Waals surface area contributed by atoms with Gasteiger partial charge in [0.25, 0.3) is 0 Å². The molecule has 0 aromatic heterocycles. The Morgan fingerprint density at radius 3 is 2.67 bits per heavy atom. The summed E-state index contributed by atoms with van der Waals surface area (Å²) < 4.78 is 19.1. The van der Waals surface area contributed by atoms with Gasteiger partial charge in [-0.15, -0.1) is 0 Å². The van der Waals surface area contributed by atoms with Crippen LogP contribution in [0.4, 0.5) is 4.39 Å². The lowest BCUT2D eigenvalue weighted by Gasteiger charge is -2.21. The minimum Gasteiger partial charge on any atom is -0.383 e. The van der Waals surface area contributed by atoms with E-state index in [9.17, 15) is 4.39 Å². The van der Waals surface area contributed by atoms with Crippen LogP contribution in [0.2, 0.25) is 0 Å². The topological polar surface area (TPSA) is 48.9 Å². The molecule has 0 bridgehead atoms. The van der Waals surface area contributed by atoms with E-state index < -0.39 is 0 Å². The van der Waals surface area contributed by atoms with Crippen molar-refractivity contribution in [2.24, 2.45) is 4.99 Å². The fraction of sp³-hybridized carbons (Fsp3) is 0.611. The molecule has 24 heavy (non-hydrogen) atoms. The maximum absolute atomic E-state index is 14.0. The Kier molecular flexibility index (Phi) is 6.99. The highest BCUT2D eigenvalue weighted by Crippen LogP contribution is 2.48. The van der Waals surface area contributed by atoms with Crippen molar-refractivity contribution in [3.05, 3.63) is 35.6 Å². The van der Waals surface area contributed by atoms with Crippen molar-refractivity contribution in [3.63, 3.8) is 0 Å². The van der Waals surface area contributed by atoms with E-state index in [1.807, 2.05) is 12.1 Å². The quantitative estimate of drug-likeness (QED) is 0.531. The lowest BCUT2D eigenvalue weighted by Crippen LogP contribution is -2.44. The molecule has 1 aliphatic carbocycles. The molecule has 134 valence electrons. The second-order valence-electron chi connectivity index (χ2n) is 6.41. The molecular weight excluding hydrogens is 307 g/mol. The highest BCUT2D eigenvalue weighted by molar-refractivity contribution is 5.79. The number of likely N-dealkylation sites (N-methyl/N-ethyl adjacent to an activating group) is 1. The monoisotopic (exact) mass is 336 g/mol. The van der Waals surface area contributed by atoms with E-state index in [1.54, 1.807) is 26.3 Å². The maximum atomic E-state index is 14.0. The summed E-state index contributed by atoms with van der Waals surface area (Å²) in [4.78, 5) is 6.45. The van der Waals surface area contributed by atoms with Crippen LogP contribution in [-0.4, -0.2) is 64.9 Å². The Morgan fingerprint density at radius 1 is 1.29 bits per heavy atom. The van der Waals surface area contributed by atoms with E-state index in [0.717, 1.165) is 50.6 Å². The van der Waals surface area contributed by atoms with Gasteiger partial charge in [-0.3, -0.25) is 4.99 Å². The predicted octanol–water partition coefficient (Wildman–Crippen LogP) is 1.60. The van der Waals surface area contributed by atoms with E-state index in [-0.39, 0.29) is 11.2 Å². The molecule has 2 rings (SSSR count). The van der Waals surface area contributed by atoms with Crippen molar-refractivity contribution in [1.29, 1.82) is 0 Å². The van der Waals surface area contributed by atoms with Crippen LogP contribution in [0.3, 0.4) is 0 Å². The third-order valence-electron chi connectivity index (χ3n) is 4.58. The molecule has 0 unspecified atom stereocenters. The molecule has 0 amide bonds. The van der Waals surface area contributed by atoms with Gasteiger partial charge in [0.1, 0.15) is 5.82 Å². The summed E-state index contributed by atoms with van der Waals surface area (Å²) in [6.07, 6.45) is 2.02. The predicted molar refractivity (Wildman–Crippen MR) is 96.0 cm³/mol. The summed E-state index contributed by atoms with van der Waals surface area (Å²) in [6.45, 7) is 4.04. The van der Waals surface area contributed by atoms with Gasteiger partial charge in [-0.25, -0.2) is 4.39 Å². The minimum atomic E-state index is -0.112. The van der Waals surface area contributed by atoms with Crippen LogP contribution >= 0.6 is 0 Å². The number of hydrogen-bond acceptors (Lipinski definition) is 3. The van der Waals surface area contributed by atoms with Gasteiger partial charge < -0.3 is 20.3 Å². The van der Waals surface area contributed by atoms with Crippen molar-refractivity contribution in [1.82, 2.24) is 15.5 Å². The molecule has 0 aliphatic heterocycles. The summed E-state index contributed by atoms with van der Waals surface area (Å²) in [5, 5.41) is 6.65. The lowest BCUT2D eigenvalue weighted by atomic mass is 9.95. The zero-order chi connectivity index (χ0) is 17.4. The van der Waals surface area contributed by atoms with Crippen molar-refractivity contribution >= 4 is 5.96 Å². The van der Waals surface area contributed by atoms with Gasteiger partial charge in [-0.05, 0) is 31.5 Å². The van der Waals surface area contributed by atoms with Crippen LogP contribution in [0.5, 0.6) is 0 Å². The first kappa shape index (κ1) is 18.7. The Labute approximate surface area is 144 Å². The van der Waals surface area contributed by atoms with Gasteiger partial charge in [0.15, 0.2) is 5.96 Å². The Hall–Kier alpha value is -1.66. The summed E-state index contributed by atoms with van der Waals surface area (Å²) in [6, 6.07) is 7.08. The van der Waals surface area contributed by atoms with Gasteiger partial charge in [0, 0.05) is 45.8 Å². The van der Waals surface area contributed by atoms with Gasteiger partial charge in [-0.1, -0.05) is 18.2 Å². The first-order valence-corrected chi connectivity index (χ1v) is 8.48. The molecule has 1 aromatic rings. The number of rotatable bonds is 9. The molecule has 0 spiro atoms. The van der Waals surface area contributed by atoms with E-state index in [0.29, 0.717) is 6.54 Å². The van der Waals surface area contributed by atoms with Gasteiger partial charge in [0.05, 0.1) is 6.61 Å². The summed E-state index contributed by atoms with van der Waals surface area (Å²) >= 11 is 0. The number of nitrogens with one attached hydrogen (secondary N) is 2. The van der Waals surface area contributed by atoms with E-state index in [4.69, 9.17) is 4.74 Å². The zero-order valence-corrected chi connectivity index (χ0v) is 14.9. The van der Waals surface area contributed by atoms with Crippen molar-refractivity contribution in [2.75, 3.05) is 54.0 Å². The lowest BCUT2D eigenvalue weighted by molar-refractivity contribution is 0.162. The molecule has 0 atom stereocenters. The summed E-state index contributed by atoms with van der Waals surface area (Å²) in [7, 11) is 5.53. The smallest absolute Gasteiger partial charge is 0.191 e. The van der Waals surface area contributed by atoms with Crippen molar-refractivity contribution in [3.8, 4) is 0 Å². The Morgan fingerprint density at radius 2 is 2.04 bits per heavy atom. The molecule has 1 fully saturated rings. The molecule has 5 nitrogen and oxygen atoms in total. The third kappa shape index (κ3) is 5.18. The largest absolute Gasteiger partial charge is 0.383 e. The molecular formula is C18H29FN4O. The SMILES string of the molecule is CN=C(NCCN(C)CCOC)NCC1(c2ccccc2F)CC1. The van der Waals surface area contributed by atoms with Crippen LogP contribution in [-0.2, 0) is 10.2 Å². The summed E-state index contributed by atoms with van der Waals surface area (Å²) in [5.74, 6) is 0.650. The zero-order valence-electron chi connectivity index (χ0n) is 14.9. The second-order valence-corrected chi connectivity index (χ2v) is 6.41. The van der Waals surface area contributed by atoms with E-state index in [1.165, 1.54) is 0 Å². The first-order chi connectivity index (χ1) is 11.6. The molecule has 0 radical (unpaired) electrons. The van der Waals surface area contributed by atoms with Crippen LogP contribution in [0.15, 0.2) is 29.3 Å². The number of hydrogen-bond donors (Lipinski definition) is 2. The van der Waals surface area contributed by atoms with Crippen LogP contribution in [0.1, 0.15) is 18.4 Å². The van der Waals surface area contributed by atoms with Gasteiger partial charge in [-0.2, -0.15) is 0 Å². The first-order valence-electron chi connectivity index (χ1n) is 8.48. The fourth-order valence-corrected chi connectivity index (χ4v) is 2.78. The number of benzene rings is 1. The molecule has 1 aromatic carbocycles. The number of methoxy groups -OCH3 is 1. The van der Waals surface area contributed by atoms with Crippen molar-refractivity contribution < 1.29 is 9.13 Å². The van der Waals surface area contributed by atoms with Crippen LogP contribution < -0.4 is 10.6 Å². The molecule has 1 saturated carbocycles. The fourth-order valence-electron chi connectivity index (χ4n) is 2.78. The highest BCUT2D eigenvalue weighted by atomic mass is 19.1. The molecule has 6 heteroatoms. The van der Waals surface area contributed by atoms with E-state index in [2.05, 4.69) is 27.6 Å². The maximum Gasteiger partial charge on any atom is 0.191 e. The standard InChI is InChI=1S/C18H29FN4O/c1-20-17(21-10-11-23(2)12-13-24-3)22-14-18(8-9-18)15-6-4-5-7-16(15)19/h4-7H,8-14H2,1-3H3,(H2,20,21,22). The van der Waals surface area contributed by atoms with Crippen LogP contribution in [0, 0.1) is 5.82 Å². The number of aliphatic imine (C=N–C) groups is 1. The van der Waals surface area contributed by atoms with Gasteiger partial charge >= 0.3 is 0 Å². The molecule has 0 heterocycles. The van der Waals surface area contributed by atoms with Crippen LogP contribution in [0.25, 0.3) is 0 Å². The molecule has 2 N–H and O–H groups in total.